The van der Waals surface area contributed by atoms with Crippen LogP contribution in [0.5, 0.6) is 0 Å². The number of aliphatic hydroxyl groups excluding tert-OH is 1. The van der Waals surface area contributed by atoms with Gasteiger partial charge in [0.2, 0.25) is 0 Å². The molecule has 0 amide bonds. The van der Waals surface area contributed by atoms with Gasteiger partial charge in [0.15, 0.2) is 0 Å². The highest BCUT2D eigenvalue weighted by molar-refractivity contribution is 7.90. The van der Waals surface area contributed by atoms with Crippen LogP contribution in [0.3, 0.4) is 0 Å². The molecule has 0 atom stereocenters. The maximum atomic E-state index is 11.1. The minimum atomic E-state index is -3.00. The predicted octanol–water partition coefficient (Wildman–Crippen LogP) is 0.573. The average molecular weight is 254 g/mol. The smallest absolute Gasteiger partial charge is 0.149 e. The van der Waals surface area contributed by atoms with E-state index in [4.69, 9.17) is 0 Å². The number of sulfone groups is 1. The standard InChI is InChI=1S/C11H14N2O3S/c1-17(15,16)6-5-13-7-9(8-14)10-3-2-4-12-11(10)13/h2-4,7,14H,5-6,8H2,1H3. The molecule has 0 bridgehead atoms. The SMILES string of the molecule is CS(=O)(=O)CCn1cc(CO)c2cccnc21. The number of pyridine rings is 1. The lowest BCUT2D eigenvalue weighted by atomic mass is 10.2. The van der Waals surface area contributed by atoms with Crippen molar-refractivity contribution in [3.63, 3.8) is 0 Å². The van der Waals surface area contributed by atoms with Gasteiger partial charge in [0.25, 0.3) is 0 Å². The first-order chi connectivity index (χ1) is 8.01. The molecule has 2 heterocycles. The number of hydrogen-bond donors (Lipinski definition) is 1. The van der Waals surface area contributed by atoms with Gasteiger partial charge in [0, 0.05) is 36.1 Å². The van der Waals surface area contributed by atoms with E-state index in [2.05, 4.69) is 4.98 Å². The zero-order valence-electron chi connectivity index (χ0n) is 9.50. The van der Waals surface area contributed by atoms with Crippen LogP contribution in [-0.4, -0.2) is 35.1 Å². The number of aryl methyl sites for hydroxylation is 1. The highest BCUT2D eigenvalue weighted by Crippen LogP contribution is 2.19. The molecule has 0 aliphatic heterocycles. The van der Waals surface area contributed by atoms with Gasteiger partial charge in [-0.2, -0.15) is 0 Å². The van der Waals surface area contributed by atoms with Crippen molar-refractivity contribution in [1.82, 2.24) is 9.55 Å². The lowest BCUT2D eigenvalue weighted by Crippen LogP contribution is -2.10. The second kappa shape index (κ2) is 4.46. The van der Waals surface area contributed by atoms with Crippen LogP contribution < -0.4 is 0 Å². The largest absolute Gasteiger partial charge is 0.392 e. The number of aromatic nitrogens is 2. The van der Waals surface area contributed by atoms with E-state index < -0.39 is 9.84 Å². The molecule has 1 N–H and O–H groups in total. The molecule has 5 nitrogen and oxygen atoms in total. The van der Waals surface area contributed by atoms with E-state index in [9.17, 15) is 13.5 Å². The normalized spacial score (nSPS) is 12.1. The number of rotatable bonds is 4. The molecule has 2 aromatic heterocycles. The van der Waals surface area contributed by atoms with Crippen molar-refractivity contribution >= 4 is 20.9 Å². The molecule has 0 fully saturated rings. The molecule has 17 heavy (non-hydrogen) atoms. The Morgan fingerprint density at radius 3 is 2.88 bits per heavy atom. The van der Waals surface area contributed by atoms with E-state index in [1.807, 2.05) is 6.07 Å². The summed E-state index contributed by atoms with van der Waals surface area (Å²) in [5, 5.41) is 10.1. The fraction of sp³-hybridized carbons (Fsp3) is 0.364. The third-order valence-corrected chi connectivity index (χ3v) is 3.51. The first kappa shape index (κ1) is 12.1. The Bertz CT molecular complexity index is 631. The summed E-state index contributed by atoms with van der Waals surface area (Å²) in [7, 11) is -3.00. The van der Waals surface area contributed by atoms with Crippen LogP contribution in [0.4, 0.5) is 0 Å². The summed E-state index contributed by atoms with van der Waals surface area (Å²) < 4.78 is 24.0. The summed E-state index contributed by atoms with van der Waals surface area (Å²) in [6.07, 6.45) is 4.61. The molecule has 0 radical (unpaired) electrons. The van der Waals surface area contributed by atoms with E-state index in [0.29, 0.717) is 12.2 Å². The Kier molecular flexibility index (Phi) is 3.17. The number of hydrogen-bond acceptors (Lipinski definition) is 4. The molecule has 0 saturated heterocycles. The third-order valence-electron chi connectivity index (χ3n) is 2.59. The van der Waals surface area contributed by atoms with Crippen molar-refractivity contribution in [1.29, 1.82) is 0 Å². The molecule has 92 valence electrons. The van der Waals surface area contributed by atoms with E-state index in [-0.39, 0.29) is 12.4 Å². The van der Waals surface area contributed by atoms with Crippen molar-refractivity contribution in [3.05, 3.63) is 30.1 Å². The van der Waals surface area contributed by atoms with E-state index in [0.717, 1.165) is 10.9 Å². The van der Waals surface area contributed by atoms with Crippen LogP contribution >= 0.6 is 0 Å². The molecule has 2 aromatic rings. The predicted molar refractivity (Wildman–Crippen MR) is 65.4 cm³/mol. The Morgan fingerprint density at radius 1 is 1.47 bits per heavy atom. The lowest BCUT2D eigenvalue weighted by Gasteiger charge is -2.02. The highest BCUT2D eigenvalue weighted by Gasteiger charge is 2.10. The van der Waals surface area contributed by atoms with E-state index in [1.165, 1.54) is 6.26 Å². The molecule has 6 heteroatoms. The zero-order valence-corrected chi connectivity index (χ0v) is 10.3. The van der Waals surface area contributed by atoms with Gasteiger partial charge in [-0.3, -0.25) is 0 Å². The molecule has 0 aliphatic rings. The first-order valence-corrected chi connectivity index (χ1v) is 7.28. The highest BCUT2D eigenvalue weighted by atomic mass is 32.2. The topological polar surface area (TPSA) is 72.2 Å². The Labute approximate surface area is 99.6 Å². The van der Waals surface area contributed by atoms with Crippen molar-refractivity contribution in [2.75, 3.05) is 12.0 Å². The third kappa shape index (κ3) is 2.65. The monoisotopic (exact) mass is 254 g/mol. The van der Waals surface area contributed by atoms with Crippen LogP contribution in [0.25, 0.3) is 11.0 Å². The van der Waals surface area contributed by atoms with Crippen LogP contribution in [0.1, 0.15) is 5.56 Å². The quantitative estimate of drug-likeness (QED) is 0.866. The fourth-order valence-corrected chi connectivity index (χ4v) is 2.28. The molecule has 0 saturated carbocycles. The minimum absolute atomic E-state index is 0.0677. The number of fused-ring (bicyclic) bond motifs is 1. The summed E-state index contributed by atoms with van der Waals surface area (Å²) in [6.45, 7) is 0.278. The number of nitrogens with zero attached hydrogens (tertiary/aromatic N) is 2. The Balaban J connectivity index is 2.41. The Hall–Kier alpha value is -1.40. The molecular formula is C11H14N2O3S. The zero-order chi connectivity index (χ0) is 12.5. The summed E-state index contributed by atoms with van der Waals surface area (Å²) >= 11 is 0. The van der Waals surface area contributed by atoms with Crippen LogP contribution in [0.2, 0.25) is 0 Å². The van der Waals surface area contributed by atoms with Gasteiger partial charge in [-0.25, -0.2) is 13.4 Å². The van der Waals surface area contributed by atoms with Gasteiger partial charge < -0.3 is 9.67 Å². The van der Waals surface area contributed by atoms with Gasteiger partial charge in [0.05, 0.1) is 12.4 Å². The minimum Gasteiger partial charge on any atom is -0.392 e. The van der Waals surface area contributed by atoms with Gasteiger partial charge in [0.1, 0.15) is 15.5 Å². The first-order valence-electron chi connectivity index (χ1n) is 5.22. The summed E-state index contributed by atoms with van der Waals surface area (Å²) in [6, 6.07) is 3.66. The molecular weight excluding hydrogens is 240 g/mol. The van der Waals surface area contributed by atoms with Gasteiger partial charge in [-0.15, -0.1) is 0 Å². The van der Waals surface area contributed by atoms with Crippen molar-refractivity contribution < 1.29 is 13.5 Å². The average Bonchev–Trinajstić information content (AvgIpc) is 2.64. The summed E-state index contributed by atoms with van der Waals surface area (Å²) in [5.74, 6) is 0.0677. The van der Waals surface area contributed by atoms with Crippen LogP contribution in [0, 0.1) is 0 Å². The van der Waals surface area contributed by atoms with Gasteiger partial charge in [-0.05, 0) is 12.1 Å². The van der Waals surface area contributed by atoms with E-state index >= 15 is 0 Å². The second-order valence-corrected chi connectivity index (χ2v) is 6.27. The number of aliphatic hydroxyl groups is 1. The van der Waals surface area contributed by atoms with E-state index in [1.54, 1.807) is 23.0 Å². The van der Waals surface area contributed by atoms with Crippen LogP contribution in [0.15, 0.2) is 24.5 Å². The van der Waals surface area contributed by atoms with Gasteiger partial charge >= 0.3 is 0 Å². The maximum absolute atomic E-state index is 11.1. The van der Waals surface area contributed by atoms with Crippen molar-refractivity contribution in [3.8, 4) is 0 Å². The fourth-order valence-electron chi connectivity index (χ4n) is 1.76. The summed E-state index contributed by atoms with van der Waals surface area (Å²) in [5.41, 5.74) is 1.47. The Morgan fingerprint density at radius 2 is 2.24 bits per heavy atom. The molecule has 0 unspecified atom stereocenters. The lowest BCUT2D eigenvalue weighted by molar-refractivity contribution is 0.283. The maximum Gasteiger partial charge on any atom is 0.149 e. The molecule has 0 spiro atoms. The molecule has 2 rings (SSSR count). The second-order valence-electron chi connectivity index (χ2n) is 4.01. The summed E-state index contributed by atoms with van der Waals surface area (Å²) in [4.78, 5) is 4.21. The van der Waals surface area contributed by atoms with Crippen molar-refractivity contribution in [2.24, 2.45) is 0 Å². The van der Waals surface area contributed by atoms with Gasteiger partial charge in [-0.1, -0.05) is 0 Å². The molecule has 0 aliphatic carbocycles. The molecule has 0 aromatic carbocycles. The van der Waals surface area contributed by atoms with Crippen LogP contribution in [-0.2, 0) is 23.0 Å². The van der Waals surface area contributed by atoms with Crippen molar-refractivity contribution in [2.45, 2.75) is 13.2 Å².